The van der Waals surface area contributed by atoms with Gasteiger partial charge in [0.1, 0.15) is 0 Å². The monoisotopic (exact) mass is 300 g/mol. The van der Waals surface area contributed by atoms with E-state index in [1.54, 1.807) is 12.1 Å². The Kier molecular flexibility index (Phi) is 5.27. The largest absolute Gasteiger partial charge is 0.416 e. The number of hydrogen-bond acceptors (Lipinski definition) is 2. The Hall–Kier alpha value is -1.07. The molecule has 0 bridgehead atoms. The molecule has 0 aromatic heterocycles. The minimum absolute atomic E-state index is 0.258. The van der Waals surface area contributed by atoms with Gasteiger partial charge in [-0.05, 0) is 45.0 Å². The maximum absolute atomic E-state index is 13.1. The Bertz CT molecular complexity index is 453. The molecular weight excluding hydrogens is 277 g/mol. The van der Waals surface area contributed by atoms with Crippen LogP contribution >= 0.6 is 0 Å². The van der Waals surface area contributed by atoms with Crippen LogP contribution in [0.2, 0.25) is 0 Å². The second-order valence-electron chi connectivity index (χ2n) is 5.85. The summed E-state index contributed by atoms with van der Waals surface area (Å²) in [4.78, 5) is 2.01. The lowest BCUT2D eigenvalue weighted by Crippen LogP contribution is -2.43. The SMILES string of the molecule is CC(c1ccccc1C(F)(F)F)N(C)CC1CCCCN1. The Morgan fingerprint density at radius 2 is 2.00 bits per heavy atom. The third-order valence-corrected chi connectivity index (χ3v) is 4.30. The third-order valence-electron chi connectivity index (χ3n) is 4.30. The van der Waals surface area contributed by atoms with E-state index in [-0.39, 0.29) is 6.04 Å². The van der Waals surface area contributed by atoms with E-state index in [1.165, 1.54) is 25.0 Å². The molecule has 0 aliphatic carbocycles. The molecule has 1 aromatic rings. The van der Waals surface area contributed by atoms with E-state index >= 15 is 0 Å². The summed E-state index contributed by atoms with van der Waals surface area (Å²) in [6.45, 7) is 3.62. The van der Waals surface area contributed by atoms with Crippen molar-refractivity contribution in [1.82, 2.24) is 10.2 Å². The van der Waals surface area contributed by atoms with Crippen LogP contribution in [-0.2, 0) is 6.18 Å². The number of halogens is 3. The first-order valence-electron chi connectivity index (χ1n) is 7.49. The highest BCUT2D eigenvalue weighted by molar-refractivity contribution is 5.32. The van der Waals surface area contributed by atoms with E-state index in [9.17, 15) is 13.2 Å². The van der Waals surface area contributed by atoms with Gasteiger partial charge in [-0.1, -0.05) is 24.6 Å². The Balaban J connectivity index is 2.10. The van der Waals surface area contributed by atoms with Crippen LogP contribution in [-0.4, -0.2) is 31.1 Å². The van der Waals surface area contributed by atoms with Gasteiger partial charge in [-0.3, -0.25) is 4.90 Å². The van der Waals surface area contributed by atoms with Gasteiger partial charge >= 0.3 is 6.18 Å². The normalized spacial score (nSPS) is 21.5. The van der Waals surface area contributed by atoms with Crippen molar-refractivity contribution in [2.75, 3.05) is 20.1 Å². The molecule has 1 saturated heterocycles. The molecule has 1 N–H and O–H groups in total. The standard InChI is InChI=1S/C16H23F3N2/c1-12(21(2)11-13-7-5-6-10-20-13)14-8-3-4-9-15(14)16(17,18)19/h3-4,8-9,12-13,20H,5-7,10-11H2,1-2H3. The number of rotatable bonds is 4. The lowest BCUT2D eigenvalue weighted by molar-refractivity contribution is -0.138. The molecule has 21 heavy (non-hydrogen) atoms. The van der Waals surface area contributed by atoms with Crippen LogP contribution in [0.1, 0.15) is 43.4 Å². The van der Waals surface area contributed by atoms with Gasteiger partial charge in [0.2, 0.25) is 0 Å². The third kappa shape index (κ3) is 4.20. The second-order valence-corrected chi connectivity index (χ2v) is 5.85. The molecule has 5 heteroatoms. The number of nitrogens with one attached hydrogen (secondary N) is 1. The predicted molar refractivity (Wildman–Crippen MR) is 78.1 cm³/mol. The number of alkyl halides is 3. The van der Waals surface area contributed by atoms with Gasteiger partial charge in [0, 0.05) is 18.6 Å². The van der Waals surface area contributed by atoms with Crippen LogP contribution in [0, 0.1) is 0 Å². The summed E-state index contributed by atoms with van der Waals surface area (Å²) in [5, 5.41) is 3.44. The van der Waals surface area contributed by atoms with Crippen molar-refractivity contribution in [1.29, 1.82) is 0 Å². The zero-order chi connectivity index (χ0) is 15.5. The van der Waals surface area contributed by atoms with Crippen LogP contribution in [0.25, 0.3) is 0 Å². The molecule has 0 radical (unpaired) electrons. The molecule has 1 aliphatic heterocycles. The van der Waals surface area contributed by atoms with Gasteiger partial charge in [0.05, 0.1) is 5.56 Å². The molecule has 1 heterocycles. The smallest absolute Gasteiger partial charge is 0.313 e. The lowest BCUT2D eigenvalue weighted by Gasteiger charge is -2.32. The summed E-state index contributed by atoms with van der Waals surface area (Å²) in [6.07, 6.45) is -0.821. The topological polar surface area (TPSA) is 15.3 Å². The Morgan fingerprint density at radius 3 is 2.62 bits per heavy atom. The van der Waals surface area contributed by atoms with Crippen LogP contribution in [0.4, 0.5) is 13.2 Å². The van der Waals surface area contributed by atoms with E-state index in [2.05, 4.69) is 5.32 Å². The Labute approximate surface area is 124 Å². The molecule has 0 spiro atoms. The van der Waals surface area contributed by atoms with Crippen molar-refractivity contribution >= 4 is 0 Å². The molecule has 2 rings (SSSR count). The summed E-state index contributed by atoms with van der Waals surface area (Å²) in [6, 6.07) is 5.99. The zero-order valence-electron chi connectivity index (χ0n) is 12.6. The zero-order valence-corrected chi connectivity index (χ0v) is 12.6. The predicted octanol–water partition coefficient (Wildman–Crippen LogP) is 3.84. The molecule has 2 atom stereocenters. The van der Waals surface area contributed by atoms with Crippen LogP contribution < -0.4 is 5.32 Å². The minimum Gasteiger partial charge on any atom is -0.313 e. The number of hydrogen-bond donors (Lipinski definition) is 1. The molecule has 1 fully saturated rings. The number of piperidine rings is 1. The van der Waals surface area contributed by atoms with Crippen molar-refractivity contribution in [2.24, 2.45) is 0 Å². The van der Waals surface area contributed by atoms with Crippen LogP contribution in [0.5, 0.6) is 0 Å². The van der Waals surface area contributed by atoms with Crippen molar-refractivity contribution in [2.45, 2.75) is 44.4 Å². The van der Waals surface area contributed by atoms with E-state index in [1.807, 2.05) is 18.9 Å². The highest BCUT2D eigenvalue weighted by atomic mass is 19.4. The minimum atomic E-state index is -4.30. The van der Waals surface area contributed by atoms with Gasteiger partial charge in [-0.2, -0.15) is 13.2 Å². The van der Waals surface area contributed by atoms with E-state index < -0.39 is 11.7 Å². The van der Waals surface area contributed by atoms with E-state index in [4.69, 9.17) is 0 Å². The lowest BCUT2D eigenvalue weighted by atomic mass is 9.98. The highest BCUT2D eigenvalue weighted by Gasteiger charge is 2.35. The summed E-state index contributed by atoms with van der Waals surface area (Å²) >= 11 is 0. The summed E-state index contributed by atoms with van der Waals surface area (Å²) in [7, 11) is 1.90. The van der Waals surface area contributed by atoms with Crippen LogP contribution in [0.3, 0.4) is 0 Å². The van der Waals surface area contributed by atoms with Crippen LogP contribution in [0.15, 0.2) is 24.3 Å². The summed E-state index contributed by atoms with van der Waals surface area (Å²) in [5.74, 6) is 0. The van der Waals surface area contributed by atoms with Crippen molar-refractivity contribution < 1.29 is 13.2 Å². The van der Waals surface area contributed by atoms with Gasteiger partial charge in [0.25, 0.3) is 0 Å². The summed E-state index contributed by atoms with van der Waals surface area (Å²) in [5.41, 5.74) is -0.177. The molecule has 118 valence electrons. The molecule has 1 aliphatic rings. The quantitative estimate of drug-likeness (QED) is 0.909. The van der Waals surface area contributed by atoms with E-state index in [0.29, 0.717) is 11.6 Å². The summed E-state index contributed by atoms with van der Waals surface area (Å²) < 4.78 is 39.3. The fraction of sp³-hybridized carbons (Fsp3) is 0.625. The maximum Gasteiger partial charge on any atom is 0.416 e. The van der Waals surface area contributed by atoms with Crippen molar-refractivity contribution in [3.8, 4) is 0 Å². The second kappa shape index (κ2) is 6.79. The molecule has 0 amide bonds. The van der Waals surface area contributed by atoms with Gasteiger partial charge in [-0.25, -0.2) is 0 Å². The fourth-order valence-corrected chi connectivity index (χ4v) is 2.94. The van der Waals surface area contributed by atoms with Crippen molar-refractivity contribution in [3.05, 3.63) is 35.4 Å². The van der Waals surface area contributed by atoms with E-state index in [0.717, 1.165) is 19.5 Å². The number of nitrogens with zero attached hydrogens (tertiary/aromatic N) is 1. The first kappa shape index (κ1) is 16.3. The maximum atomic E-state index is 13.1. The van der Waals surface area contributed by atoms with Gasteiger partial charge in [-0.15, -0.1) is 0 Å². The Morgan fingerprint density at radius 1 is 1.29 bits per heavy atom. The average Bonchev–Trinajstić information content (AvgIpc) is 2.46. The molecule has 0 saturated carbocycles. The average molecular weight is 300 g/mol. The number of likely N-dealkylation sites (N-methyl/N-ethyl adjacent to an activating group) is 1. The van der Waals surface area contributed by atoms with Crippen molar-refractivity contribution in [3.63, 3.8) is 0 Å². The molecule has 1 aromatic carbocycles. The fourth-order valence-electron chi connectivity index (χ4n) is 2.94. The molecule has 2 unspecified atom stereocenters. The first-order chi connectivity index (χ1) is 9.89. The highest BCUT2D eigenvalue weighted by Crippen LogP contribution is 2.35. The number of benzene rings is 1. The van der Waals surface area contributed by atoms with Gasteiger partial charge in [0.15, 0.2) is 0 Å². The molecular formula is C16H23F3N2. The molecule has 2 nitrogen and oxygen atoms in total. The first-order valence-corrected chi connectivity index (χ1v) is 7.49. The van der Waals surface area contributed by atoms with Gasteiger partial charge < -0.3 is 5.32 Å².